The molecule has 112 valence electrons. The van der Waals surface area contributed by atoms with Crippen LogP contribution in [0, 0.1) is 5.82 Å². The molecule has 0 unspecified atom stereocenters. The molecule has 0 atom stereocenters. The van der Waals surface area contributed by atoms with E-state index in [-0.39, 0.29) is 11.6 Å². The van der Waals surface area contributed by atoms with Crippen LogP contribution in [0.5, 0.6) is 0 Å². The second-order valence-electron chi connectivity index (χ2n) is 4.94. The molecule has 0 aliphatic carbocycles. The smallest absolute Gasteiger partial charge is 0.259 e. The highest BCUT2D eigenvalue weighted by molar-refractivity contribution is 7.89. The van der Waals surface area contributed by atoms with Crippen molar-refractivity contribution >= 4 is 10.0 Å². The van der Waals surface area contributed by atoms with Crippen LogP contribution in [0.4, 0.5) is 4.39 Å². The molecule has 2 aromatic heterocycles. The molecule has 1 N–H and O–H groups in total. The summed E-state index contributed by atoms with van der Waals surface area (Å²) in [5, 5.41) is 0.0292. The van der Waals surface area contributed by atoms with Crippen LogP contribution in [-0.4, -0.2) is 23.0 Å². The number of halogens is 1. The summed E-state index contributed by atoms with van der Waals surface area (Å²) in [6.45, 7) is 0.808. The molecule has 0 amide bonds. The third-order valence-corrected chi connectivity index (χ3v) is 4.67. The molecule has 0 spiro atoms. The Hall–Kier alpha value is -1.80. The molecule has 0 fully saturated rings. The van der Waals surface area contributed by atoms with E-state index < -0.39 is 15.8 Å². The summed E-state index contributed by atoms with van der Waals surface area (Å²) < 4.78 is 41.5. The molecule has 8 heteroatoms. The minimum absolute atomic E-state index is 0.00477. The number of rotatable bonds is 4. The van der Waals surface area contributed by atoms with E-state index in [0.717, 1.165) is 37.8 Å². The molecule has 21 heavy (non-hydrogen) atoms. The number of aryl methyl sites for hydroxylation is 2. The molecule has 6 nitrogen and oxygen atoms in total. The van der Waals surface area contributed by atoms with Gasteiger partial charge in [0.1, 0.15) is 11.6 Å². The predicted octanol–water partition coefficient (Wildman–Crippen LogP) is 1.23. The normalized spacial score (nSPS) is 14.9. The molecule has 0 saturated heterocycles. The molecule has 1 aliphatic rings. The summed E-state index contributed by atoms with van der Waals surface area (Å²) in [6.07, 6.45) is 5.49. The highest BCUT2D eigenvalue weighted by Crippen LogP contribution is 2.17. The third-order valence-electron chi connectivity index (χ3n) is 3.39. The Bertz CT molecular complexity index is 717. The lowest BCUT2D eigenvalue weighted by atomic mass is 10.2. The maximum atomic E-state index is 12.7. The summed E-state index contributed by atoms with van der Waals surface area (Å²) in [5.41, 5.74) is 0.448. The van der Waals surface area contributed by atoms with Crippen LogP contribution >= 0.6 is 0 Å². The maximum Gasteiger partial charge on any atom is 0.259 e. The first kappa shape index (κ1) is 14.2. The Morgan fingerprint density at radius 1 is 1.33 bits per heavy atom. The van der Waals surface area contributed by atoms with Gasteiger partial charge in [0, 0.05) is 19.2 Å². The summed E-state index contributed by atoms with van der Waals surface area (Å²) in [6, 6.07) is 2.68. The summed E-state index contributed by atoms with van der Waals surface area (Å²) in [4.78, 5) is 7.99. The zero-order valence-electron chi connectivity index (χ0n) is 11.3. The number of hydrogen-bond acceptors (Lipinski definition) is 4. The molecule has 2 aromatic rings. The molecule has 3 heterocycles. The lowest BCUT2D eigenvalue weighted by Gasteiger charge is -2.11. The van der Waals surface area contributed by atoms with E-state index in [1.165, 1.54) is 12.1 Å². The largest absolute Gasteiger partial charge is 0.333 e. The fraction of sp³-hybridized carbons (Fsp3) is 0.385. The fourth-order valence-corrected chi connectivity index (χ4v) is 3.25. The van der Waals surface area contributed by atoms with E-state index in [9.17, 15) is 12.8 Å². The summed E-state index contributed by atoms with van der Waals surface area (Å²) in [7, 11) is -3.68. The zero-order chi connectivity index (χ0) is 14.9. The Labute approximate surface area is 122 Å². The Balaban J connectivity index is 1.74. The van der Waals surface area contributed by atoms with Crippen LogP contribution in [-0.2, 0) is 29.5 Å². The second kappa shape index (κ2) is 5.53. The molecular formula is C13H15FN4O2S. The van der Waals surface area contributed by atoms with Gasteiger partial charge in [0.2, 0.25) is 0 Å². The van der Waals surface area contributed by atoms with Crippen LogP contribution in [0.2, 0.25) is 0 Å². The first-order valence-electron chi connectivity index (χ1n) is 6.71. The van der Waals surface area contributed by atoms with E-state index in [2.05, 4.69) is 14.7 Å². The van der Waals surface area contributed by atoms with Gasteiger partial charge in [-0.05, 0) is 25.0 Å². The number of fused-ring (bicyclic) bond motifs is 1. The van der Waals surface area contributed by atoms with Gasteiger partial charge in [-0.1, -0.05) is 0 Å². The predicted molar refractivity (Wildman–Crippen MR) is 73.4 cm³/mol. The van der Waals surface area contributed by atoms with Crippen molar-refractivity contribution in [2.75, 3.05) is 0 Å². The van der Waals surface area contributed by atoms with Gasteiger partial charge in [0.25, 0.3) is 10.0 Å². The third kappa shape index (κ3) is 3.11. The molecule has 0 saturated carbocycles. The molecule has 1 aliphatic heterocycles. The van der Waals surface area contributed by atoms with E-state index in [1.807, 2.05) is 4.57 Å². The number of imidazole rings is 1. The first-order chi connectivity index (χ1) is 10.0. The van der Waals surface area contributed by atoms with Crippen LogP contribution in [0.1, 0.15) is 24.4 Å². The van der Waals surface area contributed by atoms with Crippen molar-refractivity contribution in [1.82, 2.24) is 19.3 Å². The van der Waals surface area contributed by atoms with Crippen molar-refractivity contribution < 1.29 is 12.8 Å². The lowest BCUT2D eigenvalue weighted by Crippen LogP contribution is -2.24. The standard InChI is InChI=1S/C13H15FN4O2S/c14-10-4-5-11(15-7-10)8-16-21(19,20)13-9-18-6-2-1-3-12(18)17-13/h4-5,7,9,16H,1-3,6,8H2. The van der Waals surface area contributed by atoms with Gasteiger partial charge >= 0.3 is 0 Å². The van der Waals surface area contributed by atoms with Crippen molar-refractivity contribution in [2.45, 2.75) is 37.4 Å². The number of pyridine rings is 1. The van der Waals surface area contributed by atoms with E-state index >= 15 is 0 Å². The van der Waals surface area contributed by atoms with Crippen LogP contribution in [0.15, 0.2) is 29.6 Å². The number of aromatic nitrogens is 3. The Morgan fingerprint density at radius 3 is 2.90 bits per heavy atom. The van der Waals surface area contributed by atoms with E-state index in [4.69, 9.17) is 0 Å². The highest BCUT2D eigenvalue weighted by Gasteiger charge is 2.21. The van der Waals surface area contributed by atoms with E-state index in [0.29, 0.717) is 5.69 Å². The topological polar surface area (TPSA) is 76.9 Å². The van der Waals surface area contributed by atoms with Gasteiger partial charge in [-0.15, -0.1) is 0 Å². The molecule has 0 radical (unpaired) electrons. The van der Waals surface area contributed by atoms with Gasteiger partial charge in [-0.3, -0.25) is 4.98 Å². The minimum Gasteiger partial charge on any atom is -0.333 e. The molecule has 0 aromatic carbocycles. The van der Waals surface area contributed by atoms with Gasteiger partial charge in [0.05, 0.1) is 18.4 Å². The number of sulfonamides is 1. The van der Waals surface area contributed by atoms with Gasteiger partial charge in [0.15, 0.2) is 5.03 Å². The zero-order valence-corrected chi connectivity index (χ0v) is 12.1. The summed E-state index contributed by atoms with van der Waals surface area (Å²) >= 11 is 0. The minimum atomic E-state index is -3.68. The first-order valence-corrected chi connectivity index (χ1v) is 8.19. The van der Waals surface area contributed by atoms with Gasteiger partial charge in [-0.25, -0.2) is 22.5 Å². The lowest BCUT2D eigenvalue weighted by molar-refractivity contribution is 0.522. The van der Waals surface area contributed by atoms with Crippen molar-refractivity contribution in [3.05, 3.63) is 41.9 Å². The van der Waals surface area contributed by atoms with Crippen molar-refractivity contribution in [3.63, 3.8) is 0 Å². The second-order valence-corrected chi connectivity index (χ2v) is 6.65. The molecular weight excluding hydrogens is 295 g/mol. The van der Waals surface area contributed by atoms with Gasteiger partial charge in [-0.2, -0.15) is 0 Å². The molecule has 0 bridgehead atoms. The van der Waals surface area contributed by atoms with E-state index in [1.54, 1.807) is 6.20 Å². The summed E-state index contributed by atoms with van der Waals surface area (Å²) in [5.74, 6) is 0.352. The Kier molecular flexibility index (Phi) is 3.73. The van der Waals surface area contributed by atoms with Crippen molar-refractivity contribution in [3.8, 4) is 0 Å². The number of nitrogens with one attached hydrogen (secondary N) is 1. The number of nitrogens with zero attached hydrogens (tertiary/aromatic N) is 3. The van der Waals surface area contributed by atoms with Gasteiger partial charge < -0.3 is 4.57 Å². The molecule has 3 rings (SSSR count). The monoisotopic (exact) mass is 310 g/mol. The fourth-order valence-electron chi connectivity index (χ4n) is 2.27. The van der Waals surface area contributed by atoms with Crippen molar-refractivity contribution in [1.29, 1.82) is 0 Å². The van der Waals surface area contributed by atoms with Crippen LogP contribution < -0.4 is 4.72 Å². The van der Waals surface area contributed by atoms with Crippen LogP contribution in [0.25, 0.3) is 0 Å². The Morgan fingerprint density at radius 2 is 2.19 bits per heavy atom. The number of hydrogen-bond donors (Lipinski definition) is 1. The highest BCUT2D eigenvalue weighted by atomic mass is 32.2. The average Bonchev–Trinajstić information content (AvgIpc) is 2.91. The SMILES string of the molecule is O=S(=O)(NCc1ccc(F)cn1)c1cn2c(n1)CCCC2. The van der Waals surface area contributed by atoms with Crippen LogP contribution in [0.3, 0.4) is 0 Å². The quantitative estimate of drug-likeness (QED) is 0.921. The maximum absolute atomic E-state index is 12.7. The average molecular weight is 310 g/mol. The van der Waals surface area contributed by atoms with Crippen molar-refractivity contribution in [2.24, 2.45) is 0 Å².